The van der Waals surface area contributed by atoms with Crippen molar-refractivity contribution in [2.45, 2.75) is 0 Å². The number of hydrogen-bond acceptors (Lipinski definition) is 8. The minimum absolute atomic E-state index is 0. The molecule has 0 saturated carbocycles. The predicted octanol–water partition coefficient (Wildman–Crippen LogP) is -5.13. The maximum Gasteiger partial charge on any atom is 4.00 e. The van der Waals surface area contributed by atoms with E-state index in [1.807, 2.05) is 0 Å². The molecule has 0 aliphatic carbocycles. The molecular formula is H6O14P4Zr+2. The summed E-state index contributed by atoms with van der Waals surface area (Å²) in [5.41, 5.74) is 0. The van der Waals surface area contributed by atoms with Gasteiger partial charge in [0, 0.05) is 0 Å². The molecule has 19 heteroatoms. The molecular weight excluding hydrogens is 439 g/mol. The van der Waals surface area contributed by atoms with Crippen LogP contribution in [0.4, 0.5) is 0 Å². The van der Waals surface area contributed by atoms with E-state index in [2.05, 4.69) is 0 Å². The van der Waals surface area contributed by atoms with Crippen LogP contribution in [0.3, 0.4) is 0 Å². The van der Waals surface area contributed by atoms with Gasteiger partial charge in [0.05, 0.1) is 0 Å². The topological polar surface area (TPSA) is 282 Å². The van der Waals surface area contributed by atoms with Gasteiger partial charge in [0.1, 0.15) is 0 Å². The molecule has 0 rings (SSSR count). The van der Waals surface area contributed by atoms with Crippen molar-refractivity contribution >= 4 is 32.2 Å². The largest absolute Gasteiger partial charge is 4.00 e. The van der Waals surface area contributed by atoms with E-state index in [9.17, 15) is 0 Å². The summed E-state index contributed by atoms with van der Waals surface area (Å²) in [7, 11) is -16.0. The molecule has 112 valence electrons. The van der Waals surface area contributed by atoms with Gasteiger partial charge in [0.15, 0.2) is 0 Å². The average molecular weight is 445 g/mol. The molecule has 0 saturated heterocycles. The maximum absolute atomic E-state index is 8.88. The monoisotopic (exact) mass is 444 g/mol. The Hall–Kier alpha value is 1.14. The number of phosphoric acid groups is 2. The van der Waals surface area contributed by atoms with E-state index >= 15 is 0 Å². The van der Waals surface area contributed by atoms with Crippen molar-refractivity contribution in [1.29, 1.82) is 0 Å². The zero-order valence-electron chi connectivity index (χ0n) is 8.24. The zero-order valence-corrected chi connectivity index (χ0v) is 14.3. The maximum atomic E-state index is 8.88. The summed E-state index contributed by atoms with van der Waals surface area (Å²) in [6.45, 7) is 0. The van der Waals surface area contributed by atoms with Gasteiger partial charge in [-0.3, -0.25) is 0 Å². The van der Waals surface area contributed by atoms with E-state index in [4.69, 9.17) is 67.2 Å². The molecule has 0 aliphatic heterocycles. The summed E-state index contributed by atoms with van der Waals surface area (Å²) < 4.78 is 34.7. The van der Waals surface area contributed by atoms with Crippen molar-refractivity contribution in [3.8, 4) is 0 Å². The summed E-state index contributed by atoms with van der Waals surface area (Å²) in [5, 5.41) is 0. The molecule has 0 spiro atoms. The Morgan fingerprint density at radius 1 is 0.632 bits per heavy atom. The van der Waals surface area contributed by atoms with E-state index in [0.717, 1.165) is 0 Å². The first kappa shape index (κ1) is 32.2. The molecule has 0 heterocycles. The van der Waals surface area contributed by atoms with Crippen molar-refractivity contribution < 1.29 is 93.4 Å². The minimum atomic E-state index is -4.64. The van der Waals surface area contributed by atoms with E-state index < -0.39 is 32.2 Å². The minimum Gasteiger partial charge on any atom is -0.598 e. The Bertz CT molecular complexity index is 251. The molecule has 6 N–H and O–H groups in total. The van der Waals surface area contributed by atoms with Gasteiger partial charge in [-0.2, -0.15) is 0 Å². The van der Waals surface area contributed by atoms with E-state index in [0.29, 0.717) is 0 Å². The molecule has 0 bridgehead atoms. The van der Waals surface area contributed by atoms with Gasteiger partial charge < -0.3 is 48.9 Å². The molecule has 0 fully saturated rings. The van der Waals surface area contributed by atoms with Crippen LogP contribution in [-0.2, 0) is 44.5 Å². The van der Waals surface area contributed by atoms with Crippen LogP contribution in [0, 0.1) is 0 Å². The molecule has 0 unspecified atom stereocenters. The van der Waals surface area contributed by atoms with Gasteiger partial charge in [-0.25, -0.2) is 9.13 Å². The molecule has 0 aliphatic rings. The Kier molecular flexibility index (Phi) is 29.1. The van der Waals surface area contributed by atoms with Gasteiger partial charge in [-0.05, 0) is 0 Å². The van der Waals surface area contributed by atoms with Crippen molar-refractivity contribution in [3.63, 3.8) is 0 Å². The first-order valence-electron chi connectivity index (χ1n) is 2.66. The Balaban J connectivity index is -0.0000000453. The van der Waals surface area contributed by atoms with Gasteiger partial charge >= 0.3 is 41.8 Å². The molecule has 19 heavy (non-hydrogen) atoms. The fourth-order valence-electron chi connectivity index (χ4n) is 0. The second-order valence-corrected chi connectivity index (χ2v) is 4.42. The summed E-state index contributed by atoms with van der Waals surface area (Å²) >= 11 is 0. The Morgan fingerprint density at radius 3 is 0.632 bits per heavy atom. The van der Waals surface area contributed by atoms with Crippen LogP contribution in [0.2, 0.25) is 0 Å². The van der Waals surface area contributed by atoms with Crippen molar-refractivity contribution in [3.05, 3.63) is 0 Å². The first-order chi connectivity index (χ1) is 7.46. The van der Waals surface area contributed by atoms with E-state index in [-0.39, 0.29) is 26.2 Å². The van der Waals surface area contributed by atoms with Crippen LogP contribution in [0.1, 0.15) is 0 Å². The van der Waals surface area contributed by atoms with Crippen LogP contribution in [-0.4, -0.2) is 29.4 Å². The molecule has 0 aromatic rings. The third kappa shape index (κ3) is 4310. The van der Waals surface area contributed by atoms with Crippen LogP contribution in [0.5, 0.6) is 0 Å². The Morgan fingerprint density at radius 2 is 0.632 bits per heavy atom. The summed E-state index contributed by atoms with van der Waals surface area (Å²) in [6.07, 6.45) is 0. The van der Waals surface area contributed by atoms with Gasteiger partial charge in [-0.15, -0.1) is 0 Å². The van der Waals surface area contributed by atoms with Crippen LogP contribution < -0.4 is 19.6 Å². The molecule has 0 atom stereocenters. The van der Waals surface area contributed by atoms with Crippen molar-refractivity contribution in [1.82, 2.24) is 0 Å². The standard InChI is InChI=1S/2H3O4P.2HO3P.Zr/c2*1-5(2,3)4;2*1-4(2)3;/h2*(H3,1,2,3,4);2*(H,1,2,3);/q;;;;+4/p-2. The molecule has 0 aromatic carbocycles. The van der Waals surface area contributed by atoms with Gasteiger partial charge in [0.25, 0.3) is 16.5 Å². The molecule has 0 amide bonds. The van der Waals surface area contributed by atoms with Crippen LogP contribution in [0.15, 0.2) is 0 Å². The summed E-state index contributed by atoms with van der Waals surface area (Å²) in [5.74, 6) is 0. The second-order valence-electron chi connectivity index (χ2n) is 1.47. The van der Waals surface area contributed by atoms with Crippen molar-refractivity contribution in [2.24, 2.45) is 0 Å². The fraction of sp³-hybridized carbons (Fsp3) is 0. The van der Waals surface area contributed by atoms with Gasteiger partial charge in [0.2, 0.25) is 0 Å². The van der Waals surface area contributed by atoms with Crippen molar-refractivity contribution in [2.75, 3.05) is 0 Å². The fourth-order valence-corrected chi connectivity index (χ4v) is 0. The van der Waals surface area contributed by atoms with Crippen LogP contribution >= 0.6 is 32.2 Å². The smallest absolute Gasteiger partial charge is 0.598 e. The molecule has 14 nitrogen and oxygen atoms in total. The van der Waals surface area contributed by atoms with E-state index in [1.54, 1.807) is 0 Å². The molecule has 0 aromatic heterocycles. The number of hydrogen-bond donors (Lipinski definition) is 6. The third-order valence-electron chi connectivity index (χ3n) is 0. The third-order valence-corrected chi connectivity index (χ3v) is 0. The first-order valence-corrected chi connectivity index (χ1v) is 7.98. The quantitative estimate of drug-likeness (QED) is 0.190. The Labute approximate surface area is 125 Å². The number of rotatable bonds is 0. The zero-order chi connectivity index (χ0) is 16.2. The van der Waals surface area contributed by atoms with Gasteiger partial charge in [-0.1, -0.05) is 9.13 Å². The summed E-state index contributed by atoms with van der Waals surface area (Å²) in [6, 6.07) is 0. The van der Waals surface area contributed by atoms with Crippen LogP contribution in [0.25, 0.3) is 0 Å². The predicted molar refractivity (Wildman–Crippen MR) is 43.7 cm³/mol. The van der Waals surface area contributed by atoms with E-state index in [1.165, 1.54) is 0 Å². The SMILES string of the molecule is O=P(O)(O)O.O=P(O)(O)O.O=[P+]([O-])[O-].O=[P+]([O-])[O-].[Zr+4]. The molecule has 0 radical (unpaired) electrons. The second kappa shape index (κ2) is 17.2. The normalized spacial score (nSPS) is 8.95. The average Bonchev–Trinajstić information content (AvgIpc) is 1.70. The summed E-state index contributed by atoms with van der Waals surface area (Å²) in [4.78, 5) is 77.1.